The average Bonchev–Trinajstić information content (AvgIpc) is 2.65. The smallest absolute Gasteiger partial charge is 0.129 e. The number of hydrogen-bond donors (Lipinski definition) is 0. The van der Waals surface area contributed by atoms with Crippen LogP contribution in [-0.4, -0.2) is 32.5 Å². The molecule has 0 spiro atoms. The summed E-state index contributed by atoms with van der Waals surface area (Å²) >= 11 is 0. The van der Waals surface area contributed by atoms with Gasteiger partial charge >= 0.3 is 0 Å². The molecule has 0 N–H and O–H groups in total. The lowest BCUT2D eigenvalue weighted by Gasteiger charge is -2.47. The Morgan fingerprint density at radius 1 is 1.19 bits per heavy atom. The molecular weight excluding hydrogens is 336 g/mol. The van der Waals surface area contributed by atoms with E-state index < -0.39 is 0 Å². The predicted molar refractivity (Wildman–Crippen MR) is 113 cm³/mol. The normalized spacial score (nSPS) is 18.4. The van der Waals surface area contributed by atoms with Gasteiger partial charge in [-0.1, -0.05) is 13.0 Å². The molecule has 1 aliphatic heterocycles. The lowest BCUT2D eigenvalue weighted by molar-refractivity contribution is 0.377. The average molecular weight is 367 g/mol. The Morgan fingerprint density at radius 2 is 1.96 bits per heavy atom. The fourth-order valence-corrected chi connectivity index (χ4v) is 4.24. The Bertz CT molecular complexity index is 842. The van der Waals surface area contributed by atoms with Gasteiger partial charge in [-0.15, -0.1) is 0 Å². The first-order valence-electron chi connectivity index (χ1n) is 9.57. The third kappa shape index (κ3) is 3.80. The van der Waals surface area contributed by atoms with Crippen molar-refractivity contribution >= 4 is 17.6 Å². The second-order valence-electron chi connectivity index (χ2n) is 7.77. The first-order chi connectivity index (χ1) is 12.9. The second-order valence-corrected chi connectivity index (χ2v) is 7.77. The van der Waals surface area contributed by atoms with Crippen molar-refractivity contribution in [1.29, 1.82) is 0 Å². The Hall–Kier alpha value is -2.49. The zero-order valence-corrected chi connectivity index (χ0v) is 17.2. The lowest BCUT2D eigenvalue weighted by Crippen LogP contribution is -2.48. The number of anilines is 1. The van der Waals surface area contributed by atoms with Gasteiger partial charge in [0.15, 0.2) is 0 Å². The molecule has 1 heterocycles. The maximum absolute atomic E-state index is 5.70. The standard InChI is InChI=1S/C23H30N2O2/c1-7-25-21-13-22(27-6)17(11-20(21)16(2)14-23(25,3)4)15-24-18-9-8-10-19(12-18)26-5/h8-13,15-16H,7,14H2,1-6H3. The van der Waals surface area contributed by atoms with Crippen LogP contribution in [0.3, 0.4) is 0 Å². The van der Waals surface area contributed by atoms with Gasteiger partial charge in [-0.25, -0.2) is 0 Å². The van der Waals surface area contributed by atoms with Gasteiger partial charge in [0.1, 0.15) is 11.5 Å². The van der Waals surface area contributed by atoms with Crippen molar-refractivity contribution in [3.05, 3.63) is 47.5 Å². The van der Waals surface area contributed by atoms with Crippen LogP contribution in [0.5, 0.6) is 11.5 Å². The Balaban J connectivity index is 2.02. The van der Waals surface area contributed by atoms with Gasteiger partial charge in [-0.3, -0.25) is 4.99 Å². The topological polar surface area (TPSA) is 34.1 Å². The number of methoxy groups -OCH3 is 2. The van der Waals surface area contributed by atoms with E-state index in [9.17, 15) is 0 Å². The molecule has 0 fully saturated rings. The van der Waals surface area contributed by atoms with E-state index in [1.54, 1.807) is 14.2 Å². The van der Waals surface area contributed by atoms with Crippen molar-refractivity contribution in [2.75, 3.05) is 25.7 Å². The van der Waals surface area contributed by atoms with Gasteiger partial charge in [0, 0.05) is 41.7 Å². The molecule has 1 aliphatic rings. The quantitative estimate of drug-likeness (QED) is 0.649. The van der Waals surface area contributed by atoms with E-state index in [1.165, 1.54) is 11.3 Å². The van der Waals surface area contributed by atoms with Crippen molar-refractivity contribution in [3.8, 4) is 11.5 Å². The van der Waals surface area contributed by atoms with Gasteiger partial charge in [-0.05, 0) is 56.9 Å². The number of nitrogens with zero attached hydrogens (tertiary/aromatic N) is 2. The third-order valence-electron chi connectivity index (χ3n) is 5.46. The van der Waals surface area contributed by atoms with E-state index in [0.29, 0.717) is 5.92 Å². The number of aliphatic imine (C=N–C) groups is 1. The Labute approximate surface area is 162 Å². The highest BCUT2D eigenvalue weighted by molar-refractivity contribution is 5.88. The largest absolute Gasteiger partial charge is 0.497 e. The van der Waals surface area contributed by atoms with Crippen molar-refractivity contribution < 1.29 is 9.47 Å². The Kier molecular flexibility index (Phi) is 5.45. The van der Waals surface area contributed by atoms with Crippen LogP contribution < -0.4 is 14.4 Å². The Morgan fingerprint density at radius 3 is 2.63 bits per heavy atom. The van der Waals surface area contributed by atoms with Crippen molar-refractivity contribution in [2.45, 2.75) is 45.6 Å². The van der Waals surface area contributed by atoms with Gasteiger partial charge in [0.2, 0.25) is 0 Å². The maximum atomic E-state index is 5.70. The van der Waals surface area contributed by atoms with Crippen LogP contribution in [0.15, 0.2) is 41.4 Å². The SMILES string of the molecule is CCN1c2cc(OC)c(C=Nc3cccc(OC)c3)cc2C(C)CC1(C)C. The van der Waals surface area contributed by atoms with Crippen molar-refractivity contribution in [1.82, 2.24) is 0 Å². The van der Waals surface area contributed by atoms with Crippen molar-refractivity contribution in [3.63, 3.8) is 0 Å². The van der Waals surface area contributed by atoms with E-state index in [2.05, 4.69) is 49.7 Å². The fraction of sp³-hybridized carbons (Fsp3) is 0.435. The summed E-state index contributed by atoms with van der Waals surface area (Å²) in [5.74, 6) is 2.15. The minimum atomic E-state index is 0.141. The molecule has 144 valence electrons. The lowest BCUT2D eigenvalue weighted by atomic mass is 9.79. The summed E-state index contributed by atoms with van der Waals surface area (Å²) in [4.78, 5) is 7.12. The fourth-order valence-electron chi connectivity index (χ4n) is 4.24. The molecule has 1 atom stereocenters. The molecule has 1 unspecified atom stereocenters. The van der Waals surface area contributed by atoms with Crippen molar-refractivity contribution in [2.24, 2.45) is 4.99 Å². The zero-order valence-electron chi connectivity index (χ0n) is 17.2. The second kappa shape index (κ2) is 7.63. The van der Waals surface area contributed by atoms with Gasteiger partial charge in [0.05, 0.1) is 19.9 Å². The minimum absolute atomic E-state index is 0.141. The molecule has 2 aromatic rings. The molecule has 0 amide bonds. The highest BCUT2D eigenvalue weighted by Gasteiger charge is 2.36. The summed E-state index contributed by atoms with van der Waals surface area (Å²) in [6, 6.07) is 12.2. The highest BCUT2D eigenvalue weighted by Crippen LogP contribution is 2.45. The summed E-state index contributed by atoms with van der Waals surface area (Å²) in [5, 5.41) is 0. The summed E-state index contributed by atoms with van der Waals surface area (Å²) < 4.78 is 11.0. The van der Waals surface area contributed by atoms with Gasteiger partial charge in [0.25, 0.3) is 0 Å². The van der Waals surface area contributed by atoms with Crippen LogP contribution in [0, 0.1) is 0 Å². The van der Waals surface area contributed by atoms with E-state index in [4.69, 9.17) is 9.47 Å². The van der Waals surface area contributed by atoms with Gasteiger partial charge in [-0.2, -0.15) is 0 Å². The number of ether oxygens (including phenoxy) is 2. The first-order valence-corrected chi connectivity index (χ1v) is 9.57. The molecule has 0 aliphatic carbocycles. The number of rotatable bonds is 5. The first kappa shape index (κ1) is 19.3. The molecule has 4 heteroatoms. The monoisotopic (exact) mass is 366 g/mol. The molecule has 3 rings (SSSR count). The highest BCUT2D eigenvalue weighted by atomic mass is 16.5. The van der Waals surface area contributed by atoms with Crippen LogP contribution in [0.2, 0.25) is 0 Å². The predicted octanol–water partition coefficient (Wildman–Crippen LogP) is 5.57. The summed E-state index contributed by atoms with van der Waals surface area (Å²) in [7, 11) is 3.38. The molecule has 0 bridgehead atoms. The molecule has 27 heavy (non-hydrogen) atoms. The van der Waals surface area contributed by atoms with Crippen LogP contribution >= 0.6 is 0 Å². The zero-order chi connectivity index (χ0) is 19.6. The maximum Gasteiger partial charge on any atom is 0.129 e. The minimum Gasteiger partial charge on any atom is -0.497 e. The molecule has 4 nitrogen and oxygen atoms in total. The summed E-state index contributed by atoms with van der Waals surface area (Å²) in [5.41, 5.74) is 4.64. The summed E-state index contributed by atoms with van der Waals surface area (Å²) in [6.07, 6.45) is 3.02. The number of hydrogen-bond acceptors (Lipinski definition) is 4. The molecule has 0 saturated carbocycles. The van der Waals surface area contributed by atoms with E-state index in [1.807, 2.05) is 30.5 Å². The van der Waals surface area contributed by atoms with E-state index in [-0.39, 0.29) is 5.54 Å². The van der Waals surface area contributed by atoms with Crippen LogP contribution in [0.4, 0.5) is 11.4 Å². The molecular formula is C23H30N2O2. The molecule has 0 aromatic heterocycles. The molecule has 2 aromatic carbocycles. The third-order valence-corrected chi connectivity index (χ3v) is 5.46. The van der Waals surface area contributed by atoms with Crippen LogP contribution in [0.25, 0.3) is 0 Å². The van der Waals surface area contributed by atoms with Gasteiger partial charge < -0.3 is 14.4 Å². The number of benzene rings is 2. The molecule has 0 radical (unpaired) electrons. The molecule has 0 saturated heterocycles. The number of fused-ring (bicyclic) bond motifs is 1. The van der Waals surface area contributed by atoms with Crippen LogP contribution in [0.1, 0.15) is 51.2 Å². The summed E-state index contributed by atoms with van der Waals surface area (Å²) in [6.45, 7) is 10.1. The van der Waals surface area contributed by atoms with E-state index in [0.717, 1.165) is 35.7 Å². The van der Waals surface area contributed by atoms with Crippen LogP contribution in [-0.2, 0) is 0 Å². The van der Waals surface area contributed by atoms with E-state index >= 15 is 0 Å².